The lowest BCUT2D eigenvalue weighted by atomic mass is 10.0. The molecule has 10 nitrogen and oxygen atoms in total. The lowest BCUT2D eigenvalue weighted by Crippen LogP contribution is -2.38. The first-order valence-electron chi connectivity index (χ1n) is 12.1. The first kappa shape index (κ1) is 25.5. The molecular formula is C26H26F2N6O4. The molecule has 38 heavy (non-hydrogen) atoms. The van der Waals surface area contributed by atoms with Gasteiger partial charge in [0.2, 0.25) is 5.95 Å². The van der Waals surface area contributed by atoms with E-state index in [1.54, 1.807) is 12.1 Å². The van der Waals surface area contributed by atoms with E-state index in [-0.39, 0.29) is 24.2 Å². The number of anilines is 3. The normalized spacial score (nSPS) is 17.6. The number of cyclic esters (lactones) is 1. The van der Waals surface area contributed by atoms with E-state index in [4.69, 9.17) is 14.5 Å². The molecule has 0 radical (unpaired) electrons. The van der Waals surface area contributed by atoms with Crippen LogP contribution in [0.5, 0.6) is 0 Å². The van der Waals surface area contributed by atoms with E-state index in [0.29, 0.717) is 49.1 Å². The number of aromatic nitrogens is 3. The van der Waals surface area contributed by atoms with Crippen molar-refractivity contribution in [1.29, 1.82) is 0 Å². The monoisotopic (exact) mass is 524 g/mol. The molecule has 2 fully saturated rings. The van der Waals surface area contributed by atoms with Gasteiger partial charge in [0.1, 0.15) is 18.1 Å². The number of morpholine rings is 1. The number of benzene rings is 1. The topological polar surface area (TPSA) is 110 Å². The van der Waals surface area contributed by atoms with E-state index in [0.717, 1.165) is 11.6 Å². The lowest BCUT2D eigenvalue weighted by molar-refractivity contribution is 0.102. The molecule has 2 aliphatic heterocycles. The molecular weight excluding hydrogens is 498 g/mol. The maximum Gasteiger partial charge on any atom is 0.417 e. The zero-order valence-corrected chi connectivity index (χ0v) is 20.9. The minimum atomic E-state index is -2.78. The zero-order valence-electron chi connectivity index (χ0n) is 20.9. The van der Waals surface area contributed by atoms with Gasteiger partial charge in [-0.3, -0.25) is 9.78 Å². The number of aryl methyl sites for hydroxylation is 1. The highest BCUT2D eigenvalue weighted by Crippen LogP contribution is 2.31. The van der Waals surface area contributed by atoms with E-state index in [2.05, 4.69) is 20.2 Å². The first-order chi connectivity index (χ1) is 18.3. The molecule has 4 heterocycles. The second kappa shape index (κ2) is 10.7. The van der Waals surface area contributed by atoms with Gasteiger partial charge in [-0.1, -0.05) is 6.07 Å². The molecule has 3 aromatic rings. The molecule has 0 spiro atoms. The van der Waals surface area contributed by atoms with Gasteiger partial charge in [0.25, 0.3) is 12.3 Å². The smallest absolute Gasteiger partial charge is 0.417 e. The van der Waals surface area contributed by atoms with Crippen LogP contribution in [0.2, 0.25) is 0 Å². The van der Waals surface area contributed by atoms with Crippen molar-refractivity contribution in [2.75, 3.05) is 48.0 Å². The summed E-state index contributed by atoms with van der Waals surface area (Å²) in [6, 6.07) is 9.34. The van der Waals surface area contributed by atoms with Crippen LogP contribution in [-0.4, -0.2) is 65.9 Å². The van der Waals surface area contributed by atoms with Crippen LogP contribution in [0.1, 0.15) is 35.0 Å². The molecule has 1 aromatic carbocycles. The fourth-order valence-electron chi connectivity index (χ4n) is 4.30. The van der Waals surface area contributed by atoms with Crippen LogP contribution in [0.4, 0.5) is 31.0 Å². The Morgan fingerprint density at radius 1 is 1.13 bits per heavy atom. The van der Waals surface area contributed by atoms with Crippen LogP contribution in [-0.2, 0) is 9.47 Å². The number of pyridine rings is 1. The molecule has 12 heteroatoms. The minimum absolute atomic E-state index is 0.0675. The minimum Gasteiger partial charge on any atom is -0.447 e. The maximum atomic E-state index is 13.0. The van der Waals surface area contributed by atoms with Gasteiger partial charge in [0, 0.05) is 42.2 Å². The SMILES string of the molecule is Cc1ccc(NC(=O)c2ccnc(C(F)F)c2)cc1-c1cc(N2CCOCC2)nc(N2C(=O)OCC2C)n1. The second-order valence-electron chi connectivity index (χ2n) is 9.06. The number of nitrogens with one attached hydrogen (secondary N) is 1. The van der Waals surface area contributed by atoms with Crippen molar-refractivity contribution in [3.05, 3.63) is 59.4 Å². The predicted molar refractivity (Wildman–Crippen MR) is 136 cm³/mol. The quantitative estimate of drug-likeness (QED) is 0.511. The molecule has 1 N–H and O–H groups in total. The Balaban J connectivity index is 1.50. The van der Waals surface area contributed by atoms with Gasteiger partial charge in [-0.05, 0) is 43.7 Å². The molecule has 2 aromatic heterocycles. The third-order valence-corrected chi connectivity index (χ3v) is 6.38. The van der Waals surface area contributed by atoms with Crippen LogP contribution in [0.15, 0.2) is 42.6 Å². The number of amides is 2. The van der Waals surface area contributed by atoms with E-state index >= 15 is 0 Å². The standard InChI is InChI=1S/C26H26F2N6O4/c1-15-3-4-18(30-24(35)17-5-6-29-21(11-17)23(27)28)12-19(15)20-13-22(33-7-9-37-10-8-33)32-25(31-20)34-16(2)14-38-26(34)36/h3-6,11-13,16,23H,7-10,14H2,1-2H3,(H,30,35). The van der Waals surface area contributed by atoms with Crippen molar-refractivity contribution in [2.24, 2.45) is 0 Å². The predicted octanol–water partition coefficient (Wildman–Crippen LogP) is 4.22. The van der Waals surface area contributed by atoms with Gasteiger partial charge in [-0.15, -0.1) is 0 Å². The number of ether oxygens (including phenoxy) is 2. The number of nitrogens with zero attached hydrogens (tertiary/aromatic N) is 5. The number of hydrogen-bond donors (Lipinski definition) is 1. The van der Waals surface area contributed by atoms with Crippen molar-refractivity contribution in [3.8, 4) is 11.3 Å². The molecule has 5 rings (SSSR count). The Hall–Kier alpha value is -4.19. The molecule has 198 valence electrons. The van der Waals surface area contributed by atoms with Crippen LogP contribution in [0, 0.1) is 6.92 Å². The van der Waals surface area contributed by atoms with Gasteiger partial charge in [0.15, 0.2) is 0 Å². The fourth-order valence-corrected chi connectivity index (χ4v) is 4.30. The van der Waals surface area contributed by atoms with Crippen LogP contribution < -0.4 is 15.1 Å². The molecule has 0 bridgehead atoms. The zero-order chi connectivity index (χ0) is 26.8. The van der Waals surface area contributed by atoms with E-state index in [1.807, 2.05) is 26.0 Å². The van der Waals surface area contributed by atoms with Gasteiger partial charge < -0.3 is 19.7 Å². The van der Waals surface area contributed by atoms with Crippen LogP contribution >= 0.6 is 0 Å². The molecule has 1 unspecified atom stereocenters. The highest BCUT2D eigenvalue weighted by Gasteiger charge is 2.34. The molecule has 0 aliphatic carbocycles. The van der Waals surface area contributed by atoms with Crippen molar-refractivity contribution < 1.29 is 27.8 Å². The number of halogens is 2. The van der Waals surface area contributed by atoms with Crippen LogP contribution in [0.3, 0.4) is 0 Å². The summed E-state index contributed by atoms with van der Waals surface area (Å²) >= 11 is 0. The summed E-state index contributed by atoms with van der Waals surface area (Å²) in [5.74, 6) is 0.324. The number of carbonyl (C=O) groups is 2. The third-order valence-electron chi connectivity index (χ3n) is 6.38. The largest absolute Gasteiger partial charge is 0.447 e. The summed E-state index contributed by atoms with van der Waals surface area (Å²) < 4.78 is 36.7. The summed E-state index contributed by atoms with van der Waals surface area (Å²) in [5.41, 5.74) is 2.19. The number of rotatable bonds is 6. The molecule has 2 aliphatic rings. The van der Waals surface area contributed by atoms with Crippen molar-refractivity contribution in [2.45, 2.75) is 26.3 Å². The molecule has 1 atom stereocenters. The van der Waals surface area contributed by atoms with Crippen molar-refractivity contribution in [3.63, 3.8) is 0 Å². The fraction of sp³-hybridized carbons (Fsp3) is 0.346. The van der Waals surface area contributed by atoms with Gasteiger partial charge in [0.05, 0.1) is 24.9 Å². The molecule has 2 saturated heterocycles. The summed E-state index contributed by atoms with van der Waals surface area (Å²) in [4.78, 5) is 41.7. The summed E-state index contributed by atoms with van der Waals surface area (Å²) in [6.45, 7) is 6.38. The third kappa shape index (κ3) is 5.25. The number of carbonyl (C=O) groups excluding carboxylic acids is 2. The Labute approximate surface area is 217 Å². The number of hydrogen-bond acceptors (Lipinski definition) is 8. The second-order valence-corrected chi connectivity index (χ2v) is 9.06. The van der Waals surface area contributed by atoms with E-state index < -0.39 is 24.1 Å². The lowest BCUT2D eigenvalue weighted by Gasteiger charge is -2.29. The summed E-state index contributed by atoms with van der Waals surface area (Å²) in [6.07, 6.45) is -2.12. The van der Waals surface area contributed by atoms with Crippen LogP contribution in [0.25, 0.3) is 11.3 Å². The van der Waals surface area contributed by atoms with Gasteiger partial charge >= 0.3 is 6.09 Å². The highest BCUT2D eigenvalue weighted by atomic mass is 19.3. The van der Waals surface area contributed by atoms with E-state index in [1.165, 1.54) is 17.2 Å². The highest BCUT2D eigenvalue weighted by molar-refractivity contribution is 6.04. The van der Waals surface area contributed by atoms with E-state index in [9.17, 15) is 18.4 Å². The first-order valence-corrected chi connectivity index (χ1v) is 12.1. The molecule has 2 amide bonds. The number of alkyl halides is 2. The Morgan fingerprint density at radius 3 is 2.63 bits per heavy atom. The van der Waals surface area contributed by atoms with Gasteiger partial charge in [-0.25, -0.2) is 23.5 Å². The van der Waals surface area contributed by atoms with Crippen molar-refractivity contribution >= 4 is 29.5 Å². The average Bonchev–Trinajstić information content (AvgIpc) is 3.27. The van der Waals surface area contributed by atoms with Gasteiger partial charge in [-0.2, -0.15) is 4.98 Å². The summed E-state index contributed by atoms with van der Waals surface area (Å²) in [5, 5.41) is 2.76. The Kier molecular flexibility index (Phi) is 7.14. The Morgan fingerprint density at radius 2 is 1.92 bits per heavy atom. The molecule has 0 saturated carbocycles. The average molecular weight is 525 g/mol. The Bertz CT molecular complexity index is 1370. The maximum absolute atomic E-state index is 13.0. The van der Waals surface area contributed by atoms with Crippen molar-refractivity contribution in [1.82, 2.24) is 15.0 Å². The summed E-state index contributed by atoms with van der Waals surface area (Å²) in [7, 11) is 0.